The molecule has 23 heavy (non-hydrogen) atoms. The Morgan fingerprint density at radius 3 is 2.26 bits per heavy atom. The monoisotopic (exact) mass is 331 g/mol. The minimum atomic E-state index is -4.29. The molecule has 0 bridgehead atoms. The van der Waals surface area contributed by atoms with Gasteiger partial charge in [0.15, 0.2) is 0 Å². The highest BCUT2D eigenvalue weighted by molar-refractivity contribution is 6.65. The molecular formula is C19H18F3Si. The molecule has 1 aliphatic carbocycles. The number of alkyl halides is 3. The summed E-state index contributed by atoms with van der Waals surface area (Å²) in [6.45, 7) is 6.24. The average molecular weight is 331 g/mol. The number of fused-ring (bicyclic) bond motifs is 1. The number of rotatable bonds is 2. The van der Waals surface area contributed by atoms with Crippen molar-refractivity contribution in [1.29, 1.82) is 0 Å². The molecule has 0 spiro atoms. The van der Waals surface area contributed by atoms with Gasteiger partial charge in [0.2, 0.25) is 0 Å². The van der Waals surface area contributed by atoms with Crippen LogP contribution in [0.25, 0.3) is 6.08 Å². The minimum absolute atomic E-state index is 0.0948. The molecule has 0 heterocycles. The second kappa shape index (κ2) is 5.68. The van der Waals surface area contributed by atoms with E-state index >= 15 is 0 Å². The van der Waals surface area contributed by atoms with Crippen LogP contribution in [-0.2, 0) is 6.18 Å². The predicted molar refractivity (Wildman–Crippen MR) is 89.9 cm³/mol. The van der Waals surface area contributed by atoms with E-state index in [9.17, 15) is 13.2 Å². The van der Waals surface area contributed by atoms with Crippen molar-refractivity contribution in [3.8, 4) is 0 Å². The van der Waals surface area contributed by atoms with E-state index in [0.717, 1.165) is 5.56 Å². The molecule has 0 saturated carbocycles. The largest absolute Gasteiger partial charge is 0.416 e. The number of aryl methyl sites for hydroxylation is 1. The van der Waals surface area contributed by atoms with E-state index in [4.69, 9.17) is 0 Å². The molecule has 0 aromatic heterocycles. The molecule has 0 fully saturated rings. The van der Waals surface area contributed by atoms with Gasteiger partial charge in [-0.1, -0.05) is 54.7 Å². The second-order valence-electron chi connectivity index (χ2n) is 6.23. The average Bonchev–Trinajstić information content (AvgIpc) is 2.86. The van der Waals surface area contributed by atoms with Crippen LogP contribution in [0.3, 0.4) is 0 Å². The standard InChI is InChI=1S/C19H18F3Si/c1-12-10-14(19(20,21)22)8-9-15(12)18-16-7-5-4-6-13(16)11-17(18)23(2)3/h4-11,18H,1-3H3. The third kappa shape index (κ3) is 2.88. The first kappa shape index (κ1) is 16.1. The van der Waals surface area contributed by atoms with Gasteiger partial charge in [-0.05, 0) is 41.3 Å². The first-order valence-electron chi connectivity index (χ1n) is 7.58. The molecule has 1 radical (unpaired) electrons. The quantitative estimate of drug-likeness (QED) is 0.607. The van der Waals surface area contributed by atoms with Crippen molar-refractivity contribution in [2.24, 2.45) is 0 Å². The van der Waals surface area contributed by atoms with E-state index in [0.29, 0.717) is 5.56 Å². The molecule has 0 N–H and O–H groups in total. The molecular weight excluding hydrogens is 313 g/mol. The first-order chi connectivity index (χ1) is 10.8. The van der Waals surface area contributed by atoms with Gasteiger partial charge in [0.05, 0.1) is 14.4 Å². The van der Waals surface area contributed by atoms with Gasteiger partial charge in [0.1, 0.15) is 0 Å². The Bertz CT molecular complexity index is 772. The molecule has 0 nitrogen and oxygen atoms in total. The Hall–Kier alpha value is -1.81. The third-order valence-corrected chi connectivity index (χ3v) is 6.00. The molecule has 4 heteroatoms. The lowest BCUT2D eigenvalue weighted by Gasteiger charge is -2.22. The van der Waals surface area contributed by atoms with Crippen LogP contribution in [-0.4, -0.2) is 8.80 Å². The molecule has 3 rings (SSSR count). The van der Waals surface area contributed by atoms with Gasteiger partial charge in [0.25, 0.3) is 0 Å². The van der Waals surface area contributed by atoms with E-state index < -0.39 is 20.5 Å². The predicted octanol–water partition coefficient (Wildman–Crippen LogP) is 5.84. The van der Waals surface area contributed by atoms with Crippen LogP contribution in [0.5, 0.6) is 0 Å². The van der Waals surface area contributed by atoms with E-state index in [2.05, 4.69) is 31.3 Å². The summed E-state index contributed by atoms with van der Waals surface area (Å²) in [6.07, 6.45) is -2.06. The molecule has 0 amide bonds. The van der Waals surface area contributed by atoms with Crippen LogP contribution >= 0.6 is 0 Å². The zero-order valence-electron chi connectivity index (χ0n) is 13.3. The Morgan fingerprint density at radius 2 is 1.65 bits per heavy atom. The smallest absolute Gasteiger partial charge is 0.166 e. The molecule has 0 aliphatic heterocycles. The number of allylic oxidation sites excluding steroid dienone is 1. The van der Waals surface area contributed by atoms with Gasteiger partial charge in [-0.15, -0.1) is 0 Å². The summed E-state index contributed by atoms with van der Waals surface area (Å²) in [7, 11) is -0.690. The number of benzene rings is 2. The highest BCUT2D eigenvalue weighted by Crippen LogP contribution is 2.43. The zero-order valence-corrected chi connectivity index (χ0v) is 14.3. The lowest BCUT2D eigenvalue weighted by molar-refractivity contribution is -0.137. The maximum atomic E-state index is 12.9. The van der Waals surface area contributed by atoms with Crippen LogP contribution in [0.15, 0.2) is 47.7 Å². The van der Waals surface area contributed by atoms with Gasteiger partial charge >= 0.3 is 6.18 Å². The Kier molecular flexibility index (Phi) is 3.96. The van der Waals surface area contributed by atoms with E-state index in [1.165, 1.54) is 28.5 Å². The number of hydrogen-bond acceptors (Lipinski definition) is 0. The van der Waals surface area contributed by atoms with Crippen LogP contribution in [0.2, 0.25) is 13.1 Å². The van der Waals surface area contributed by atoms with Crippen molar-refractivity contribution in [2.75, 3.05) is 0 Å². The molecule has 1 aliphatic rings. The topological polar surface area (TPSA) is 0 Å². The Labute approximate surface area is 136 Å². The van der Waals surface area contributed by atoms with Crippen molar-refractivity contribution >= 4 is 14.9 Å². The lowest BCUT2D eigenvalue weighted by atomic mass is 9.89. The van der Waals surface area contributed by atoms with Crippen molar-refractivity contribution in [3.63, 3.8) is 0 Å². The van der Waals surface area contributed by atoms with Crippen molar-refractivity contribution < 1.29 is 13.2 Å². The fourth-order valence-electron chi connectivity index (χ4n) is 3.27. The van der Waals surface area contributed by atoms with Crippen LogP contribution in [0.1, 0.15) is 33.7 Å². The Balaban J connectivity index is 2.12. The minimum Gasteiger partial charge on any atom is -0.166 e. The molecule has 0 saturated heterocycles. The highest BCUT2D eigenvalue weighted by atomic mass is 28.3. The number of halogens is 3. The van der Waals surface area contributed by atoms with Crippen LogP contribution < -0.4 is 0 Å². The summed E-state index contributed by atoms with van der Waals surface area (Å²) in [6, 6.07) is 12.3. The maximum Gasteiger partial charge on any atom is 0.416 e. The van der Waals surface area contributed by atoms with E-state index in [1.807, 2.05) is 12.1 Å². The summed E-state index contributed by atoms with van der Waals surface area (Å²) >= 11 is 0. The summed E-state index contributed by atoms with van der Waals surface area (Å²) in [4.78, 5) is 0. The summed E-state index contributed by atoms with van der Waals surface area (Å²) in [5.74, 6) is 0.0948. The third-order valence-electron chi connectivity index (χ3n) is 4.41. The van der Waals surface area contributed by atoms with Gasteiger partial charge in [-0.25, -0.2) is 0 Å². The number of hydrogen-bond donors (Lipinski definition) is 0. The molecule has 2 aromatic rings. The van der Waals surface area contributed by atoms with Crippen LogP contribution in [0.4, 0.5) is 13.2 Å². The van der Waals surface area contributed by atoms with Gasteiger partial charge in [-0.3, -0.25) is 0 Å². The summed E-state index contributed by atoms with van der Waals surface area (Å²) in [5, 5.41) is 1.36. The Morgan fingerprint density at radius 1 is 0.957 bits per heavy atom. The second-order valence-corrected chi connectivity index (χ2v) is 8.81. The molecule has 119 valence electrons. The molecule has 2 aromatic carbocycles. The van der Waals surface area contributed by atoms with Crippen molar-refractivity contribution in [2.45, 2.75) is 32.1 Å². The highest BCUT2D eigenvalue weighted by Gasteiger charge is 2.33. The fraction of sp³-hybridized carbons (Fsp3) is 0.263. The van der Waals surface area contributed by atoms with Crippen molar-refractivity contribution in [1.82, 2.24) is 0 Å². The van der Waals surface area contributed by atoms with E-state index in [1.54, 1.807) is 13.0 Å². The lowest BCUT2D eigenvalue weighted by Crippen LogP contribution is -2.14. The zero-order chi connectivity index (χ0) is 16.8. The normalized spacial score (nSPS) is 17.3. The van der Waals surface area contributed by atoms with Gasteiger partial charge in [-0.2, -0.15) is 13.2 Å². The maximum absolute atomic E-state index is 12.9. The SMILES string of the molecule is Cc1cc(C(F)(F)F)ccc1C1C([Si](C)C)=Cc2ccccc21. The summed E-state index contributed by atoms with van der Waals surface area (Å²) < 4.78 is 38.7. The fourth-order valence-corrected chi connectivity index (χ4v) is 4.60. The van der Waals surface area contributed by atoms with E-state index in [-0.39, 0.29) is 5.92 Å². The van der Waals surface area contributed by atoms with Crippen LogP contribution in [0, 0.1) is 6.92 Å². The molecule has 1 atom stereocenters. The summed E-state index contributed by atoms with van der Waals surface area (Å²) in [5.41, 5.74) is 3.51. The van der Waals surface area contributed by atoms with Gasteiger partial charge in [0, 0.05) is 5.92 Å². The first-order valence-corrected chi connectivity index (χ1v) is 10.1. The van der Waals surface area contributed by atoms with Gasteiger partial charge < -0.3 is 0 Å². The molecule has 1 unspecified atom stereocenters. The van der Waals surface area contributed by atoms with Crippen molar-refractivity contribution in [3.05, 3.63) is 75.5 Å².